The minimum Gasteiger partial charge on any atom is -0.454 e. The molecule has 0 saturated carbocycles. The minimum absolute atomic E-state index is 0.0840. The molecule has 0 radical (unpaired) electrons. The Bertz CT molecular complexity index is 684. The molecule has 0 saturated heterocycles. The van der Waals surface area contributed by atoms with Crippen LogP contribution < -0.4 is 20.1 Å². The third-order valence-electron chi connectivity index (χ3n) is 3.08. The van der Waals surface area contributed by atoms with E-state index in [1.54, 1.807) is 12.3 Å². The van der Waals surface area contributed by atoms with Crippen LogP contribution >= 0.6 is 0 Å². The predicted molar refractivity (Wildman–Crippen MR) is 82.7 cm³/mol. The van der Waals surface area contributed by atoms with E-state index in [0.29, 0.717) is 11.4 Å². The van der Waals surface area contributed by atoms with Gasteiger partial charge in [-0.3, -0.25) is 4.79 Å². The molecule has 2 heterocycles. The largest absolute Gasteiger partial charge is 0.454 e. The second kappa shape index (κ2) is 5.93. The molecule has 2 aromatic rings. The van der Waals surface area contributed by atoms with Gasteiger partial charge in [-0.25, -0.2) is 4.98 Å². The van der Waals surface area contributed by atoms with Gasteiger partial charge in [0.2, 0.25) is 6.79 Å². The van der Waals surface area contributed by atoms with Gasteiger partial charge in [0.25, 0.3) is 5.91 Å². The average molecular weight is 299 g/mol. The molecule has 114 valence electrons. The number of hydrogen-bond donors (Lipinski definition) is 2. The molecule has 1 amide bonds. The number of nitrogens with zero attached hydrogens (tertiary/aromatic N) is 1. The number of carbonyl (C=O) groups excluding carboxylic acids is 1. The van der Waals surface area contributed by atoms with Crippen LogP contribution in [0.1, 0.15) is 24.3 Å². The minimum atomic E-state index is -0.176. The lowest BCUT2D eigenvalue weighted by molar-refractivity contribution is 0.0938. The van der Waals surface area contributed by atoms with Gasteiger partial charge in [0.05, 0.1) is 11.9 Å². The molecule has 6 nitrogen and oxygen atoms in total. The Morgan fingerprint density at radius 1 is 1.14 bits per heavy atom. The molecule has 6 heteroatoms. The first-order chi connectivity index (χ1) is 10.6. The van der Waals surface area contributed by atoms with Gasteiger partial charge in [0.15, 0.2) is 11.5 Å². The lowest BCUT2D eigenvalue weighted by atomic mass is 10.2. The van der Waals surface area contributed by atoms with Crippen LogP contribution in [0.25, 0.3) is 0 Å². The highest BCUT2D eigenvalue weighted by Gasteiger charge is 2.13. The molecule has 2 N–H and O–H groups in total. The number of fused-ring (bicyclic) bond motifs is 1. The average Bonchev–Trinajstić information content (AvgIpc) is 2.95. The standard InChI is InChI=1S/C16H17N3O3/c1-10(2)18-16(20)13-5-3-12(8-17-13)19-11-4-6-14-15(7-11)22-9-21-14/h3-8,10,19H,9H2,1-2H3,(H,18,20). The zero-order valence-corrected chi connectivity index (χ0v) is 12.4. The van der Waals surface area contributed by atoms with Gasteiger partial charge in [0, 0.05) is 17.8 Å². The third kappa shape index (κ3) is 3.11. The maximum absolute atomic E-state index is 11.8. The molecular formula is C16H17N3O3. The summed E-state index contributed by atoms with van der Waals surface area (Å²) in [6, 6.07) is 9.19. The molecule has 0 unspecified atom stereocenters. The number of anilines is 2. The molecule has 0 spiro atoms. The first-order valence-electron chi connectivity index (χ1n) is 7.05. The van der Waals surface area contributed by atoms with Crippen molar-refractivity contribution in [2.45, 2.75) is 19.9 Å². The van der Waals surface area contributed by atoms with Crippen LogP contribution in [0.3, 0.4) is 0 Å². The zero-order chi connectivity index (χ0) is 15.5. The summed E-state index contributed by atoms with van der Waals surface area (Å²) < 4.78 is 10.6. The summed E-state index contributed by atoms with van der Waals surface area (Å²) in [5.41, 5.74) is 2.05. The highest BCUT2D eigenvalue weighted by atomic mass is 16.7. The maximum atomic E-state index is 11.8. The Labute approximate surface area is 128 Å². The van der Waals surface area contributed by atoms with Crippen LogP contribution in [-0.2, 0) is 0 Å². The SMILES string of the molecule is CC(C)NC(=O)c1ccc(Nc2ccc3c(c2)OCO3)cn1. The van der Waals surface area contributed by atoms with Crippen LogP contribution in [0.4, 0.5) is 11.4 Å². The number of hydrogen-bond acceptors (Lipinski definition) is 5. The van der Waals surface area contributed by atoms with Gasteiger partial charge in [-0.05, 0) is 38.1 Å². The number of pyridine rings is 1. The fourth-order valence-electron chi connectivity index (χ4n) is 2.08. The smallest absolute Gasteiger partial charge is 0.270 e. The van der Waals surface area contributed by atoms with Gasteiger partial charge in [-0.1, -0.05) is 0 Å². The van der Waals surface area contributed by atoms with E-state index in [4.69, 9.17) is 9.47 Å². The second-order valence-electron chi connectivity index (χ2n) is 5.25. The highest BCUT2D eigenvalue weighted by Crippen LogP contribution is 2.34. The summed E-state index contributed by atoms with van der Waals surface area (Å²) in [7, 11) is 0. The summed E-state index contributed by atoms with van der Waals surface area (Å²) >= 11 is 0. The van der Waals surface area contributed by atoms with E-state index in [0.717, 1.165) is 17.1 Å². The first kappa shape index (κ1) is 14.2. The predicted octanol–water partition coefficient (Wildman–Crippen LogP) is 2.69. The van der Waals surface area contributed by atoms with Gasteiger partial charge in [-0.2, -0.15) is 0 Å². The molecule has 1 aromatic carbocycles. The summed E-state index contributed by atoms with van der Waals surface area (Å²) in [6.45, 7) is 4.07. The monoisotopic (exact) mass is 299 g/mol. The molecule has 0 atom stereocenters. The van der Waals surface area contributed by atoms with Gasteiger partial charge in [0.1, 0.15) is 5.69 Å². The van der Waals surface area contributed by atoms with Gasteiger partial charge in [-0.15, -0.1) is 0 Å². The Kier molecular flexibility index (Phi) is 3.82. The van der Waals surface area contributed by atoms with E-state index in [1.807, 2.05) is 38.1 Å². The summed E-state index contributed by atoms with van der Waals surface area (Å²) in [5.74, 6) is 1.28. The van der Waals surface area contributed by atoms with Crippen LogP contribution in [0.2, 0.25) is 0 Å². The van der Waals surface area contributed by atoms with Crippen molar-refractivity contribution in [1.82, 2.24) is 10.3 Å². The third-order valence-corrected chi connectivity index (χ3v) is 3.08. The lowest BCUT2D eigenvalue weighted by Gasteiger charge is -2.09. The molecule has 3 rings (SSSR count). The van der Waals surface area contributed by atoms with Crippen LogP contribution in [0.5, 0.6) is 11.5 Å². The number of carbonyl (C=O) groups is 1. The number of rotatable bonds is 4. The highest BCUT2D eigenvalue weighted by molar-refractivity contribution is 5.92. The van der Waals surface area contributed by atoms with Crippen molar-refractivity contribution in [3.8, 4) is 11.5 Å². The fraction of sp³-hybridized carbons (Fsp3) is 0.250. The second-order valence-corrected chi connectivity index (χ2v) is 5.25. The normalized spacial score (nSPS) is 12.3. The summed E-state index contributed by atoms with van der Waals surface area (Å²) in [4.78, 5) is 16.0. The van der Waals surface area contributed by atoms with E-state index >= 15 is 0 Å². The van der Waals surface area contributed by atoms with Crippen molar-refractivity contribution in [2.75, 3.05) is 12.1 Å². The Morgan fingerprint density at radius 2 is 1.91 bits per heavy atom. The van der Waals surface area contributed by atoms with Crippen molar-refractivity contribution in [3.05, 3.63) is 42.2 Å². The van der Waals surface area contributed by atoms with Gasteiger partial charge >= 0.3 is 0 Å². The Balaban J connectivity index is 1.70. The molecule has 1 aliphatic heterocycles. The molecule has 0 bridgehead atoms. The topological polar surface area (TPSA) is 72.5 Å². The van der Waals surface area contributed by atoms with Crippen LogP contribution in [0.15, 0.2) is 36.5 Å². The number of nitrogens with one attached hydrogen (secondary N) is 2. The fourth-order valence-corrected chi connectivity index (χ4v) is 2.08. The van der Waals surface area contributed by atoms with Crippen molar-refractivity contribution in [1.29, 1.82) is 0 Å². The van der Waals surface area contributed by atoms with Crippen LogP contribution in [-0.4, -0.2) is 23.7 Å². The van der Waals surface area contributed by atoms with Crippen molar-refractivity contribution < 1.29 is 14.3 Å². The van der Waals surface area contributed by atoms with E-state index in [2.05, 4.69) is 15.6 Å². The van der Waals surface area contributed by atoms with E-state index in [1.165, 1.54) is 0 Å². The lowest BCUT2D eigenvalue weighted by Crippen LogP contribution is -2.30. The van der Waals surface area contributed by atoms with Gasteiger partial charge < -0.3 is 20.1 Å². The molecule has 0 fully saturated rings. The number of ether oxygens (including phenoxy) is 2. The van der Waals surface area contributed by atoms with Crippen molar-refractivity contribution in [3.63, 3.8) is 0 Å². The van der Waals surface area contributed by atoms with Crippen molar-refractivity contribution >= 4 is 17.3 Å². The number of benzene rings is 1. The van der Waals surface area contributed by atoms with Crippen LogP contribution in [0, 0.1) is 0 Å². The Morgan fingerprint density at radius 3 is 2.64 bits per heavy atom. The number of amides is 1. The zero-order valence-electron chi connectivity index (χ0n) is 12.4. The summed E-state index contributed by atoms with van der Waals surface area (Å²) in [6.07, 6.45) is 1.62. The van der Waals surface area contributed by atoms with E-state index < -0.39 is 0 Å². The van der Waals surface area contributed by atoms with Crippen molar-refractivity contribution in [2.24, 2.45) is 0 Å². The number of aromatic nitrogens is 1. The molecule has 1 aliphatic rings. The Hall–Kier alpha value is -2.76. The quantitative estimate of drug-likeness (QED) is 0.908. The van der Waals surface area contributed by atoms with E-state index in [9.17, 15) is 4.79 Å². The molecule has 0 aliphatic carbocycles. The van der Waals surface area contributed by atoms with E-state index in [-0.39, 0.29) is 18.7 Å². The summed E-state index contributed by atoms with van der Waals surface area (Å²) in [5, 5.41) is 6.01. The molecule has 22 heavy (non-hydrogen) atoms. The first-order valence-corrected chi connectivity index (χ1v) is 7.05. The molecule has 1 aromatic heterocycles. The molecular weight excluding hydrogens is 282 g/mol. The maximum Gasteiger partial charge on any atom is 0.270 e.